The Bertz CT molecular complexity index is 640. The van der Waals surface area contributed by atoms with Crippen molar-refractivity contribution in [3.8, 4) is 0 Å². The largest absolute Gasteiger partial charge is 0.361 e. The third-order valence-corrected chi connectivity index (χ3v) is 3.31. The number of aromatic nitrogens is 1. The van der Waals surface area contributed by atoms with Crippen molar-refractivity contribution in [3.63, 3.8) is 0 Å². The summed E-state index contributed by atoms with van der Waals surface area (Å²) in [5.41, 5.74) is 1.73. The van der Waals surface area contributed by atoms with Gasteiger partial charge in [0.1, 0.15) is 0 Å². The zero-order valence-electron chi connectivity index (χ0n) is 10.4. The van der Waals surface area contributed by atoms with E-state index in [4.69, 9.17) is 0 Å². The lowest BCUT2D eigenvalue weighted by atomic mass is 10.0. The summed E-state index contributed by atoms with van der Waals surface area (Å²) in [4.78, 5) is 11.6. The molecule has 0 aliphatic carbocycles. The molecule has 1 aliphatic heterocycles. The first kappa shape index (κ1) is 11.0. The second kappa shape index (κ2) is 3.96. The third kappa shape index (κ3) is 1.44. The number of rotatable bonds is 2. The standard InChI is InChI=1S/C13H15N5/c1-14-12-17-8-13(15-2,18-12)10-7-16-11-6-4-3-5-9(10)11/h3-8,15-16H,1-2H3,(H,14,18). The van der Waals surface area contributed by atoms with Crippen LogP contribution in [0.15, 0.2) is 40.4 Å². The van der Waals surface area contributed by atoms with Crippen LogP contribution in [0.2, 0.25) is 0 Å². The summed E-state index contributed by atoms with van der Waals surface area (Å²) in [6.07, 6.45) is 3.85. The first-order chi connectivity index (χ1) is 8.79. The van der Waals surface area contributed by atoms with Gasteiger partial charge < -0.3 is 10.3 Å². The average molecular weight is 241 g/mol. The van der Waals surface area contributed by atoms with E-state index in [1.54, 1.807) is 7.05 Å². The maximum Gasteiger partial charge on any atom is 0.219 e. The zero-order valence-corrected chi connectivity index (χ0v) is 10.4. The molecule has 3 rings (SSSR count). The highest BCUT2D eigenvalue weighted by molar-refractivity contribution is 6.01. The number of aromatic amines is 1. The molecule has 2 heterocycles. The summed E-state index contributed by atoms with van der Waals surface area (Å²) < 4.78 is 0. The van der Waals surface area contributed by atoms with Gasteiger partial charge >= 0.3 is 0 Å². The van der Waals surface area contributed by atoms with Crippen LogP contribution in [0.3, 0.4) is 0 Å². The SMILES string of the molecule is CN=C1N=CC(NC)(c2c[nH]c3ccccc23)N1. The normalized spacial score (nSPS) is 24.9. The number of benzene rings is 1. The Hall–Kier alpha value is -2.14. The Morgan fingerprint density at radius 3 is 2.89 bits per heavy atom. The fourth-order valence-corrected chi connectivity index (χ4v) is 2.31. The molecule has 0 fully saturated rings. The second-order valence-corrected chi connectivity index (χ2v) is 4.24. The van der Waals surface area contributed by atoms with Crippen LogP contribution in [0.1, 0.15) is 5.56 Å². The van der Waals surface area contributed by atoms with Gasteiger partial charge in [0.05, 0.1) is 6.21 Å². The van der Waals surface area contributed by atoms with Crippen molar-refractivity contribution >= 4 is 23.1 Å². The molecule has 18 heavy (non-hydrogen) atoms. The number of hydrogen-bond donors (Lipinski definition) is 3. The van der Waals surface area contributed by atoms with Gasteiger partial charge in [0.15, 0.2) is 5.66 Å². The van der Waals surface area contributed by atoms with Crippen molar-refractivity contribution < 1.29 is 0 Å². The highest BCUT2D eigenvalue weighted by atomic mass is 15.3. The van der Waals surface area contributed by atoms with Gasteiger partial charge in [-0.25, -0.2) is 4.99 Å². The second-order valence-electron chi connectivity index (χ2n) is 4.24. The van der Waals surface area contributed by atoms with Gasteiger partial charge in [-0.1, -0.05) is 18.2 Å². The lowest BCUT2D eigenvalue weighted by molar-refractivity contribution is 0.482. The number of nitrogens with one attached hydrogen (secondary N) is 3. The van der Waals surface area contributed by atoms with Crippen LogP contribution in [0.5, 0.6) is 0 Å². The molecule has 1 atom stereocenters. The summed E-state index contributed by atoms with van der Waals surface area (Å²) in [6.45, 7) is 0. The van der Waals surface area contributed by atoms with Crippen molar-refractivity contribution in [1.29, 1.82) is 0 Å². The Balaban J connectivity index is 2.16. The number of guanidine groups is 1. The Morgan fingerprint density at radius 1 is 1.33 bits per heavy atom. The minimum atomic E-state index is -0.492. The molecule has 0 bridgehead atoms. The van der Waals surface area contributed by atoms with Gasteiger partial charge in [-0.3, -0.25) is 10.3 Å². The van der Waals surface area contributed by atoms with Crippen molar-refractivity contribution in [3.05, 3.63) is 36.0 Å². The summed E-state index contributed by atoms with van der Waals surface area (Å²) >= 11 is 0. The number of H-pyrrole nitrogens is 1. The van der Waals surface area contributed by atoms with Gasteiger partial charge in [0.25, 0.3) is 0 Å². The molecule has 3 N–H and O–H groups in total. The van der Waals surface area contributed by atoms with E-state index >= 15 is 0 Å². The van der Waals surface area contributed by atoms with Crippen LogP contribution in [0.4, 0.5) is 0 Å². The van der Waals surface area contributed by atoms with E-state index in [0.717, 1.165) is 11.1 Å². The van der Waals surface area contributed by atoms with E-state index in [1.165, 1.54) is 5.39 Å². The molecule has 5 nitrogen and oxygen atoms in total. The van der Waals surface area contributed by atoms with E-state index in [0.29, 0.717) is 5.96 Å². The van der Waals surface area contributed by atoms with Gasteiger partial charge in [-0.05, 0) is 13.1 Å². The average Bonchev–Trinajstić information content (AvgIpc) is 3.03. The molecule has 5 heteroatoms. The van der Waals surface area contributed by atoms with Crippen molar-refractivity contribution in [2.45, 2.75) is 5.66 Å². The molecule has 0 radical (unpaired) electrons. The summed E-state index contributed by atoms with van der Waals surface area (Å²) in [5, 5.41) is 7.74. The maximum absolute atomic E-state index is 4.28. The number of aliphatic imine (C=N–C) groups is 2. The van der Waals surface area contributed by atoms with Crippen LogP contribution < -0.4 is 10.6 Å². The summed E-state index contributed by atoms with van der Waals surface area (Å²) in [5.74, 6) is 0.634. The fraction of sp³-hybridized carbons (Fsp3) is 0.231. The van der Waals surface area contributed by atoms with E-state index in [1.807, 2.05) is 31.6 Å². The molecule has 0 amide bonds. The molecule has 1 aromatic heterocycles. The highest BCUT2D eigenvalue weighted by Gasteiger charge is 2.35. The van der Waals surface area contributed by atoms with Crippen molar-refractivity contribution in [1.82, 2.24) is 15.6 Å². The Kier molecular flexibility index (Phi) is 2.41. The fourth-order valence-electron chi connectivity index (χ4n) is 2.31. The van der Waals surface area contributed by atoms with Crippen molar-refractivity contribution in [2.24, 2.45) is 9.98 Å². The maximum atomic E-state index is 4.28. The molecule has 0 saturated heterocycles. The van der Waals surface area contributed by atoms with Gasteiger partial charge in [0, 0.05) is 29.7 Å². The van der Waals surface area contributed by atoms with Crippen LogP contribution in [0, 0.1) is 0 Å². The Labute approximate surface area is 105 Å². The lowest BCUT2D eigenvalue weighted by Gasteiger charge is -2.26. The zero-order chi connectivity index (χ0) is 12.6. The van der Waals surface area contributed by atoms with E-state index in [9.17, 15) is 0 Å². The first-order valence-electron chi connectivity index (χ1n) is 5.85. The van der Waals surface area contributed by atoms with Gasteiger partial charge in [-0.15, -0.1) is 0 Å². The molecule has 2 aromatic rings. The first-order valence-corrected chi connectivity index (χ1v) is 5.85. The summed E-state index contributed by atoms with van der Waals surface area (Å²) in [7, 11) is 3.63. The predicted octanol–water partition coefficient (Wildman–Crippen LogP) is 1.20. The number of para-hydroxylation sites is 1. The molecule has 0 saturated carbocycles. The van der Waals surface area contributed by atoms with Gasteiger partial charge in [0.2, 0.25) is 5.96 Å². The topological polar surface area (TPSA) is 64.6 Å². The number of fused-ring (bicyclic) bond motifs is 1. The number of hydrogen-bond acceptors (Lipinski definition) is 2. The molecule has 0 spiro atoms. The van der Waals surface area contributed by atoms with E-state index < -0.39 is 5.66 Å². The summed E-state index contributed by atoms with van der Waals surface area (Å²) in [6, 6.07) is 8.20. The van der Waals surface area contributed by atoms with Crippen LogP contribution in [-0.4, -0.2) is 31.3 Å². The minimum Gasteiger partial charge on any atom is -0.361 e. The molecule has 1 aromatic carbocycles. The van der Waals surface area contributed by atoms with Crippen LogP contribution in [-0.2, 0) is 5.66 Å². The number of nitrogens with zero attached hydrogens (tertiary/aromatic N) is 2. The van der Waals surface area contributed by atoms with Crippen LogP contribution in [0.25, 0.3) is 10.9 Å². The molecular formula is C13H15N5. The minimum absolute atomic E-state index is 0.492. The van der Waals surface area contributed by atoms with E-state index in [2.05, 4.69) is 37.7 Å². The molecule has 1 aliphatic rings. The van der Waals surface area contributed by atoms with Crippen LogP contribution >= 0.6 is 0 Å². The molecule has 1 unspecified atom stereocenters. The lowest BCUT2D eigenvalue weighted by Crippen LogP contribution is -2.51. The highest BCUT2D eigenvalue weighted by Crippen LogP contribution is 2.27. The molecule has 92 valence electrons. The predicted molar refractivity (Wildman–Crippen MR) is 74.0 cm³/mol. The smallest absolute Gasteiger partial charge is 0.219 e. The third-order valence-electron chi connectivity index (χ3n) is 3.31. The van der Waals surface area contributed by atoms with Gasteiger partial charge in [-0.2, -0.15) is 0 Å². The monoisotopic (exact) mass is 241 g/mol. The molecular weight excluding hydrogens is 226 g/mol. The quantitative estimate of drug-likeness (QED) is 0.739. The van der Waals surface area contributed by atoms with E-state index in [-0.39, 0.29) is 0 Å². The van der Waals surface area contributed by atoms with Crippen molar-refractivity contribution in [2.75, 3.05) is 14.1 Å². The Morgan fingerprint density at radius 2 is 2.17 bits per heavy atom.